The van der Waals surface area contributed by atoms with E-state index >= 15 is 0 Å². The van der Waals surface area contributed by atoms with Crippen molar-refractivity contribution in [3.8, 4) is 0 Å². The lowest BCUT2D eigenvalue weighted by molar-refractivity contribution is 0.401. The second kappa shape index (κ2) is 6.57. The Labute approximate surface area is 104 Å². The first kappa shape index (κ1) is 13.9. The summed E-state index contributed by atoms with van der Waals surface area (Å²) in [4.78, 5) is 8.81. The van der Waals surface area contributed by atoms with Gasteiger partial charge in [0.05, 0.1) is 0 Å². The summed E-state index contributed by atoms with van der Waals surface area (Å²) >= 11 is 0. The number of rotatable bonds is 6. The zero-order valence-corrected chi connectivity index (χ0v) is 11.3. The molecular weight excluding hydrogens is 212 g/mol. The molecule has 0 amide bonds. The number of pyridine rings is 1. The van der Waals surface area contributed by atoms with E-state index in [-0.39, 0.29) is 6.04 Å². The van der Waals surface area contributed by atoms with Crippen molar-refractivity contribution in [3.63, 3.8) is 0 Å². The number of nitrogens with two attached hydrogens (primary N) is 1. The first-order chi connectivity index (χ1) is 8.02. The van der Waals surface area contributed by atoms with Crippen LogP contribution in [0.1, 0.15) is 24.9 Å². The van der Waals surface area contributed by atoms with Crippen LogP contribution in [0.25, 0.3) is 0 Å². The van der Waals surface area contributed by atoms with E-state index in [0.29, 0.717) is 0 Å². The molecule has 1 atom stereocenters. The molecular formula is C13H24N4. The van der Waals surface area contributed by atoms with Crippen molar-refractivity contribution in [1.29, 1.82) is 0 Å². The third-order valence-corrected chi connectivity index (χ3v) is 2.77. The molecule has 0 fully saturated rings. The molecule has 1 unspecified atom stereocenters. The highest BCUT2D eigenvalue weighted by molar-refractivity contribution is 5.47. The van der Waals surface area contributed by atoms with E-state index in [4.69, 9.17) is 5.73 Å². The molecule has 1 aromatic rings. The molecule has 0 aliphatic rings. The van der Waals surface area contributed by atoms with Crippen molar-refractivity contribution in [3.05, 3.63) is 23.9 Å². The SMILES string of the molecule is CC(N)c1cccnc1N(C)CCCN(C)C. The van der Waals surface area contributed by atoms with Crippen LogP contribution in [0.5, 0.6) is 0 Å². The highest BCUT2D eigenvalue weighted by atomic mass is 15.2. The van der Waals surface area contributed by atoms with E-state index in [1.54, 1.807) is 0 Å². The summed E-state index contributed by atoms with van der Waals surface area (Å²) in [6.07, 6.45) is 2.95. The molecule has 2 N–H and O–H groups in total. The minimum atomic E-state index is 0.0231. The summed E-state index contributed by atoms with van der Waals surface area (Å²) < 4.78 is 0. The predicted molar refractivity (Wildman–Crippen MR) is 73.3 cm³/mol. The van der Waals surface area contributed by atoms with Crippen molar-refractivity contribution < 1.29 is 0 Å². The second-order valence-electron chi connectivity index (χ2n) is 4.78. The molecule has 0 saturated heterocycles. The number of aromatic nitrogens is 1. The highest BCUT2D eigenvalue weighted by Crippen LogP contribution is 2.21. The van der Waals surface area contributed by atoms with Gasteiger partial charge in [0.25, 0.3) is 0 Å². The third-order valence-electron chi connectivity index (χ3n) is 2.77. The Bertz CT molecular complexity index is 336. The molecule has 0 saturated carbocycles. The zero-order valence-electron chi connectivity index (χ0n) is 11.3. The number of anilines is 1. The van der Waals surface area contributed by atoms with Gasteiger partial charge >= 0.3 is 0 Å². The Kier molecular flexibility index (Phi) is 5.38. The average Bonchev–Trinajstić information content (AvgIpc) is 2.28. The molecule has 1 rings (SSSR count). The average molecular weight is 236 g/mol. The quantitative estimate of drug-likeness (QED) is 0.813. The fourth-order valence-electron chi connectivity index (χ4n) is 1.81. The van der Waals surface area contributed by atoms with E-state index in [0.717, 1.165) is 30.9 Å². The monoisotopic (exact) mass is 236 g/mol. The van der Waals surface area contributed by atoms with Crippen LogP contribution >= 0.6 is 0 Å². The Morgan fingerprint density at radius 1 is 1.29 bits per heavy atom. The Balaban J connectivity index is 2.65. The number of hydrogen-bond donors (Lipinski definition) is 1. The molecule has 1 heterocycles. The fraction of sp³-hybridized carbons (Fsp3) is 0.615. The van der Waals surface area contributed by atoms with Gasteiger partial charge in [0, 0.05) is 31.4 Å². The van der Waals surface area contributed by atoms with Crippen LogP contribution in [0.15, 0.2) is 18.3 Å². The van der Waals surface area contributed by atoms with Gasteiger partial charge in [-0.25, -0.2) is 4.98 Å². The summed E-state index contributed by atoms with van der Waals surface area (Å²) in [5.74, 6) is 1.00. The first-order valence-electron chi connectivity index (χ1n) is 6.08. The molecule has 4 heteroatoms. The molecule has 0 radical (unpaired) electrons. The van der Waals surface area contributed by atoms with Crippen LogP contribution in [0, 0.1) is 0 Å². The highest BCUT2D eigenvalue weighted by Gasteiger charge is 2.11. The van der Waals surface area contributed by atoms with Gasteiger partial charge in [-0.1, -0.05) is 6.07 Å². The topological polar surface area (TPSA) is 45.4 Å². The van der Waals surface area contributed by atoms with Gasteiger partial charge in [-0.2, -0.15) is 0 Å². The van der Waals surface area contributed by atoms with E-state index in [2.05, 4.69) is 42.0 Å². The van der Waals surface area contributed by atoms with Crippen molar-refractivity contribution in [2.24, 2.45) is 5.73 Å². The Morgan fingerprint density at radius 3 is 2.59 bits per heavy atom. The lowest BCUT2D eigenvalue weighted by atomic mass is 10.1. The molecule has 17 heavy (non-hydrogen) atoms. The van der Waals surface area contributed by atoms with E-state index in [1.165, 1.54) is 0 Å². The number of hydrogen-bond acceptors (Lipinski definition) is 4. The molecule has 1 aromatic heterocycles. The van der Waals surface area contributed by atoms with E-state index in [9.17, 15) is 0 Å². The molecule has 0 aliphatic carbocycles. The summed E-state index contributed by atoms with van der Waals surface area (Å²) in [5, 5.41) is 0. The van der Waals surface area contributed by atoms with E-state index in [1.807, 2.05) is 19.2 Å². The maximum absolute atomic E-state index is 5.95. The molecule has 0 aliphatic heterocycles. The van der Waals surface area contributed by atoms with Crippen LogP contribution in [0.2, 0.25) is 0 Å². The zero-order chi connectivity index (χ0) is 12.8. The fourth-order valence-corrected chi connectivity index (χ4v) is 1.81. The molecule has 0 bridgehead atoms. The minimum absolute atomic E-state index is 0.0231. The van der Waals surface area contributed by atoms with Crippen molar-refractivity contribution in [1.82, 2.24) is 9.88 Å². The largest absolute Gasteiger partial charge is 0.359 e. The molecule has 0 spiro atoms. The number of nitrogens with zero attached hydrogens (tertiary/aromatic N) is 3. The summed E-state index contributed by atoms with van der Waals surface area (Å²) in [6, 6.07) is 4.01. The van der Waals surface area contributed by atoms with E-state index < -0.39 is 0 Å². The van der Waals surface area contributed by atoms with Crippen LogP contribution in [0.4, 0.5) is 5.82 Å². The molecule has 4 nitrogen and oxygen atoms in total. The van der Waals surface area contributed by atoms with Gasteiger partial charge < -0.3 is 15.5 Å². The van der Waals surface area contributed by atoms with Gasteiger partial charge in [0.15, 0.2) is 0 Å². The lowest BCUT2D eigenvalue weighted by Gasteiger charge is -2.23. The van der Waals surface area contributed by atoms with Crippen LogP contribution in [0.3, 0.4) is 0 Å². The Hall–Kier alpha value is -1.13. The summed E-state index contributed by atoms with van der Waals surface area (Å²) in [6.45, 7) is 4.08. The van der Waals surface area contributed by atoms with Crippen molar-refractivity contribution >= 4 is 5.82 Å². The van der Waals surface area contributed by atoms with Gasteiger partial charge in [-0.15, -0.1) is 0 Å². The predicted octanol–water partition coefficient (Wildman–Crippen LogP) is 1.49. The van der Waals surface area contributed by atoms with Crippen LogP contribution in [-0.4, -0.2) is 44.1 Å². The Morgan fingerprint density at radius 2 is 2.00 bits per heavy atom. The van der Waals surface area contributed by atoms with Gasteiger partial charge in [0.2, 0.25) is 0 Å². The smallest absolute Gasteiger partial charge is 0.133 e. The van der Waals surface area contributed by atoms with Crippen molar-refractivity contribution in [2.75, 3.05) is 39.1 Å². The molecule has 0 aromatic carbocycles. The van der Waals surface area contributed by atoms with Gasteiger partial charge in [-0.3, -0.25) is 0 Å². The normalized spacial score (nSPS) is 12.8. The lowest BCUT2D eigenvalue weighted by Crippen LogP contribution is -2.26. The van der Waals surface area contributed by atoms with Crippen molar-refractivity contribution in [2.45, 2.75) is 19.4 Å². The summed E-state index contributed by atoms with van der Waals surface area (Å²) in [5.41, 5.74) is 7.07. The minimum Gasteiger partial charge on any atom is -0.359 e. The van der Waals surface area contributed by atoms with Crippen LogP contribution < -0.4 is 10.6 Å². The maximum Gasteiger partial charge on any atom is 0.133 e. The summed E-state index contributed by atoms with van der Waals surface area (Å²) in [7, 11) is 6.26. The van der Waals surface area contributed by atoms with Gasteiger partial charge in [-0.05, 0) is 40.1 Å². The maximum atomic E-state index is 5.95. The third kappa shape index (κ3) is 4.32. The standard InChI is InChI=1S/C13H24N4/c1-11(14)12-7-5-8-15-13(12)17(4)10-6-9-16(2)3/h5,7-8,11H,6,9-10,14H2,1-4H3. The second-order valence-corrected chi connectivity index (χ2v) is 4.78. The van der Waals surface area contributed by atoms with Gasteiger partial charge in [0.1, 0.15) is 5.82 Å². The first-order valence-corrected chi connectivity index (χ1v) is 6.08. The molecule has 96 valence electrons. The van der Waals surface area contributed by atoms with Crippen LogP contribution in [-0.2, 0) is 0 Å².